The quantitative estimate of drug-likeness (QED) is 0.890. The predicted molar refractivity (Wildman–Crippen MR) is 83.8 cm³/mol. The number of rotatable bonds is 3. The molecule has 2 heterocycles. The molecule has 0 radical (unpaired) electrons. The number of anilines is 1. The Labute approximate surface area is 131 Å². The molecule has 1 aliphatic heterocycles. The Morgan fingerprint density at radius 1 is 1.33 bits per heavy atom. The maximum absolute atomic E-state index is 13.4. The molecule has 2 N–H and O–H groups in total. The van der Waals surface area contributed by atoms with Gasteiger partial charge in [0.1, 0.15) is 5.82 Å². The summed E-state index contributed by atoms with van der Waals surface area (Å²) in [4.78, 5) is 6.64. The van der Waals surface area contributed by atoms with Gasteiger partial charge < -0.3 is 10.2 Å². The van der Waals surface area contributed by atoms with Crippen LogP contribution in [-0.4, -0.2) is 41.4 Å². The van der Waals surface area contributed by atoms with Gasteiger partial charge in [-0.05, 0) is 38.1 Å². The molecular weight excluding hydrogens is 337 g/mol. The van der Waals surface area contributed by atoms with Crippen molar-refractivity contribution in [3.05, 3.63) is 28.5 Å². The van der Waals surface area contributed by atoms with Crippen molar-refractivity contribution in [3.63, 3.8) is 0 Å². The second-order valence-electron chi connectivity index (χ2n) is 5.19. The number of H-pyrrole nitrogens is 1. The lowest BCUT2D eigenvalue weighted by Crippen LogP contribution is -2.41. The van der Waals surface area contributed by atoms with Gasteiger partial charge in [-0.15, -0.1) is 5.10 Å². The van der Waals surface area contributed by atoms with Crippen LogP contribution < -0.4 is 10.2 Å². The predicted octanol–water partition coefficient (Wildman–Crippen LogP) is 2.56. The third-order valence-electron chi connectivity index (χ3n) is 3.80. The van der Waals surface area contributed by atoms with Gasteiger partial charge in [0.15, 0.2) is 5.82 Å². The van der Waals surface area contributed by atoms with Gasteiger partial charge in [-0.3, -0.25) is 5.10 Å². The lowest BCUT2D eigenvalue weighted by molar-refractivity contribution is 0.439. The fourth-order valence-corrected chi connectivity index (χ4v) is 3.05. The highest BCUT2D eigenvalue weighted by Crippen LogP contribution is 2.24. The lowest BCUT2D eigenvalue weighted by atomic mass is 10.1. The number of piperidine rings is 1. The molecular formula is C14H17BrFN5. The van der Waals surface area contributed by atoms with Crippen molar-refractivity contribution in [2.45, 2.75) is 18.9 Å². The Balaban J connectivity index is 1.77. The van der Waals surface area contributed by atoms with E-state index in [1.807, 2.05) is 13.1 Å². The molecule has 0 atom stereocenters. The summed E-state index contributed by atoms with van der Waals surface area (Å²) >= 11 is 3.29. The van der Waals surface area contributed by atoms with Crippen LogP contribution in [0.1, 0.15) is 12.8 Å². The van der Waals surface area contributed by atoms with Crippen molar-refractivity contribution in [2.24, 2.45) is 0 Å². The number of hydrogen-bond acceptors (Lipinski definition) is 4. The third kappa shape index (κ3) is 3.24. The minimum atomic E-state index is -0.299. The van der Waals surface area contributed by atoms with Crippen molar-refractivity contribution in [3.8, 4) is 11.4 Å². The number of nitrogens with one attached hydrogen (secondary N) is 2. The Morgan fingerprint density at radius 2 is 2.10 bits per heavy atom. The highest BCUT2D eigenvalue weighted by molar-refractivity contribution is 9.10. The number of aromatic amines is 1. The summed E-state index contributed by atoms with van der Waals surface area (Å²) in [6.07, 6.45) is 2.15. The van der Waals surface area contributed by atoms with Gasteiger partial charge in [-0.25, -0.2) is 4.39 Å². The summed E-state index contributed by atoms with van der Waals surface area (Å²) in [5.74, 6) is 0.966. The monoisotopic (exact) mass is 353 g/mol. The normalized spacial score (nSPS) is 16.4. The van der Waals surface area contributed by atoms with Gasteiger partial charge in [-0.1, -0.05) is 15.9 Å². The first-order valence-electron chi connectivity index (χ1n) is 6.97. The average Bonchev–Trinajstić information content (AvgIpc) is 2.96. The van der Waals surface area contributed by atoms with E-state index in [4.69, 9.17) is 0 Å². The Hall–Kier alpha value is -1.47. The molecule has 5 nitrogen and oxygen atoms in total. The Bertz CT molecular complexity index is 601. The zero-order chi connectivity index (χ0) is 14.8. The highest BCUT2D eigenvalue weighted by atomic mass is 79.9. The minimum absolute atomic E-state index is 0.299. The van der Waals surface area contributed by atoms with E-state index in [9.17, 15) is 4.39 Å². The summed E-state index contributed by atoms with van der Waals surface area (Å²) in [7, 11) is 1.99. The Kier molecular flexibility index (Phi) is 4.21. The fraction of sp³-hybridized carbons (Fsp3) is 0.429. The van der Waals surface area contributed by atoms with Crippen molar-refractivity contribution in [1.82, 2.24) is 20.5 Å². The van der Waals surface area contributed by atoms with Gasteiger partial charge in [0, 0.05) is 29.2 Å². The standard InChI is InChI=1S/C14H17BrFN5/c1-17-12-2-4-21(5-3-12)14-18-13(19-20-14)9-6-10(15)8-11(16)7-9/h6-8,12,17H,2-5H2,1H3,(H,18,19,20). The molecule has 3 rings (SSSR count). The summed E-state index contributed by atoms with van der Waals surface area (Å²) in [6.45, 7) is 1.85. The van der Waals surface area contributed by atoms with Crippen LogP contribution in [0.2, 0.25) is 0 Å². The zero-order valence-electron chi connectivity index (χ0n) is 11.7. The van der Waals surface area contributed by atoms with Crippen LogP contribution in [0.5, 0.6) is 0 Å². The summed E-state index contributed by atoms with van der Waals surface area (Å²) in [5, 5.41) is 10.4. The molecule has 1 aromatic heterocycles. The summed E-state index contributed by atoms with van der Waals surface area (Å²) in [6, 6.07) is 5.26. The van der Waals surface area contributed by atoms with Crippen LogP contribution in [0.25, 0.3) is 11.4 Å². The van der Waals surface area contributed by atoms with Gasteiger partial charge in [0.25, 0.3) is 0 Å². The van der Waals surface area contributed by atoms with Crippen LogP contribution >= 0.6 is 15.9 Å². The molecule has 1 fully saturated rings. The molecule has 0 unspecified atom stereocenters. The van der Waals surface area contributed by atoms with Gasteiger partial charge in [-0.2, -0.15) is 4.98 Å². The average molecular weight is 354 g/mol. The van der Waals surface area contributed by atoms with Crippen LogP contribution in [-0.2, 0) is 0 Å². The van der Waals surface area contributed by atoms with Crippen molar-refractivity contribution < 1.29 is 4.39 Å². The first-order valence-corrected chi connectivity index (χ1v) is 7.76. The van der Waals surface area contributed by atoms with E-state index < -0.39 is 0 Å². The SMILES string of the molecule is CNC1CCN(c2n[nH]c(-c3cc(F)cc(Br)c3)n2)CC1. The molecule has 0 amide bonds. The molecule has 7 heteroatoms. The Morgan fingerprint density at radius 3 is 2.76 bits per heavy atom. The van der Waals surface area contributed by atoms with E-state index >= 15 is 0 Å². The van der Waals surface area contributed by atoms with Gasteiger partial charge in [0.05, 0.1) is 0 Å². The number of aromatic nitrogens is 3. The van der Waals surface area contributed by atoms with Crippen LogP contribution in [0.3, 0.4) is 0 Å². The third-order valence-corrected chi connectivity index (χ3v) is 4.25. The van der Waals surface area contributed by atoms with E-state index in [0.29, 0.717) is 27.9 Å². The second-order valence-corrected chi connectivity index (χ2v) is 6.11. The van der Waals surface area contributed by atoms with Crippen molar-refractivity contribution >= 4 is 21.9 Å². The fourth-order valence-electron chi connectivity index (χ4n) is 2.58. The second kappa shape index (κ2) is 6.11. The molecule has 0 bridgehead atoms. The van der Waals surface area contributed by atoms with Crippen molar-refractivity contribution in [1.29, 1.82) is 0 Å². The molecule has 0 saturated carbocycles. The number of benzene rings is 1. The first kappa shape index (κ1) is 14.5. The van der Waals surface area contributed by atoms with E-state index in [1.165, 1.54) is 12.1 Å². The molecule has 112 valence electrons. The number of hydrogen-bond donors (Lipinski definition) is 2. The van der Waals surface area contributed by atoms with Gasteiger partial charge >= 0.3 is 0 Å². The van der Waals surface area contributed by atoms with Crippen LogP contribution in [0.4, 0.5) is 10.3 Å². The van der Waals surface area contributed by atoms with Crippen LogP contribution in [0.15, 0.2) is 22.7 Å². The molecule has 21 heavy (non-hydrogen) atoms. The first-order chi connectivity index (χ1) is 10.2. The molecule has 0 spiro atoms. The van der Waals surface area contributed by atoms with Crippen LogP contribution in [0, 0.1) is 5.82 Å². The van der Waals surface area contributed by atoms with Crippen molar-refractivity contribution in [2.75, 3.05) is 25.0 Å². The minimum Gasteiger partial charge on any atom is -0.339 e. The highest BCUT2D eigenvalue weighted by Gasteiger charge is 2.21. The number of halogens is 2. The number of nitrogens with zero attached hydrogens (tertiary/aromatic N) is 3. The van der Waals surface area contributed by atoms with Gasteiger partial charge in [0.2, 0.25) is 5.95 Å². The maximum Gasteiger partial charge on any atom is 0.245 e. The molecule has 1 aromatic carbocycles. The van der Waals surface area contributed by atoms with E-state index in [-0.39, 0.29) is 5.82 Å². The summed E-state index contributed by atoms with van der Waals surface area (Å²) < 4.78 is 14.1. The molecule has 0 aliphatic carbocycles. The summed E-state index contributed by atoms with van der Waals surface area (Å²) in [5.41, 5.74) is 0.686. The lowest BCUT2D eigenvalue weighted by Gasteiger charge is -2.30. The van der Waals surface area contributed by atoms with E-state index in [2.05, 4.69) is 41.3 Å². The largest absolute Gasteiger partial charge is 0.339 e. The zero-order valence-corrected chi connectivity index (χ0v) is 13.3. The topological polar surface area (TPSA) is 56.8 Å². The molecule has 1 saturated heterocycles. The van der Waals surface area contributed by atoms with E-state index in [0.717, 1.165) is 25.9 Å². The molecule has 2 aromatic rings. The van der Waals surface area contributed by atoms with E-state index in [1.54, 1.807) is 0 Å². The smallest absolute Gasteiger partial charge is 0.245 e. The maximum atomic E-state index is 13.4. The molecule has 1 aliphatic rings.